The van der Waals surface area contributed by atoms with Crippen molar-refractivity contribution in [1.29, 1.82) is 0 Å². The van der Waals surface area contributed by atoms with Gasteiger partial charge in [0.25, 0.3) is 0 Å². The smallest absolute Gasteiger partial charge is 0.119 e. The molecule has 0 amide bonds. The number of aliphatic hydroxyl groups is 1. The van der Waals surface area contributed by atoms with E-state index in [9.17, 15) is 5.11 Å². The Morgan fingerprint density at radius 2 is 1.81 bits per heavy atom. The second-order valence-electron chi connectivity index (χ2n) is 5.62. The molecule has 2 N–H and O–H groups in total. The van der Waals surface area contributed by atoms with Gasteiger partial charge in [-0.05, 0) is 31.2 Å². The number of likely N-dealkylation sites (N-methyl/N-ethyl adjacent to an activating group) is 1. The van der Waals surface area contributed by atoms with Gasteiger partial charge in [0.05, 0.1) is 12.7 Å². The summed E-state index contributed by atoms with van der Waals surface area (Å²) in [5.41, 5.74) is 0.904. The van der Waals surface area contributed by atoms with Crippen LogP contribution in [0.25, 0.3) is 0 Å². The second-order valence-corrected chi connectivity index (χ2v) is 5.62. The van der Waals surface area contributed by atoms with Crippen molar-refractivity contribution in [2.24, 2.45) is 0 Å². The van der Waals surface area contributed by atoms with Crippen LogP contribution in [0.1, 0.15) is 63.5 Å². The molecule has 21 heavy (non-hydrogen) atoms. The molecule has 0 aliphatic carbocycles. The average molecular weight is 293 g/mol. The van der Waals surface area contributed by atoms with E-state index < -0.39 is 6.10 Å². The number of nitrogens with one attached hydrogen (secondary N) is 1. The zero-order valence-electron chi connectivity index (χ0n) is 13.6. The van der Waals surface area contributed by atoms with Crippen LogP contribution in [0.2, 0.25) is 0 Å². The van der Waals surface area contributed by atoms with Gasteiger partial charge in [-0.2, -0.15) is 0 Å². The van der Waals surface area contributed by atoms with Crippen molar-refractivity contribution in [3.05, 3.63) is 29.8 Å². The highest BCUT2D eigenvalue weighted by Gasteiger charge is 2.06. The molecule has 1 aromatic rings. The first-order chi connectivity index (χ1) is 10.3. The molecule has 0 fully saturated rings. The molecule has 3 heteroatoms. The monoisotopic (exact) mass is 293 g/mol. The van der Waals surface area contributed by atoms with Gasteiger partial charge in [0.15, 0.2) is 0 Å². The Morgan fingerprint density at radius 3 is 2.52 bits per heavy atom. The predicted molar refractivity (Wildman–Crippen MR) is 88.8 cm³/mol. The lowest BCUT2D eigenvalue weighted by atomic mass is 10.1. The molecule has 0 aliphatic rings. The van der Waals surface area contributed by atoms with E-state index in [4.69, 9.17) is 4.74 Å². The van der Waals surface area contributed by atoms with Gasteiger partial charge in [0, 0.05) is 6.54 Å². The average Bonchev–Trinajstić information content (AvgIpc) is 2.50. The van der Waals surface area contributed by atoms with E-state index in [1.807, 2.05) is 31.3 Å². The molecule has 0 spiro atoms. The zero-order chi connectivity index (χ0) is 15.3. The summed E-state index contributed by atoms with van der Waals surface area (Å²) in [6.07, 6.45) is 8.56. The van der Waals surface area contributed by atoms with E-state index in [2.05, 4.69) is 12.2 Å². The molecule has 0 heterocycles. The van der Waals surface area contributed by atoms with E-state index in [1.54, 1.807) is 0 Å². The number of benzene rings is 1. The number of aliphatic hydroxyl groups excluding tert-OH is 1. The second kappa shape index (κ2) is 11.6. The molecule has 1 rings (SSSR count). The molecular formula is C18H31NO2. The van der Waals surface area contributed by atoms with Gasteiger partial charge in [-0.25, -0.2) is 0 Å². The van der Waals surface area contributed by atoms with Crippen LogP contribution in [0.15, 0.2) is 24.3 Å². The molecule has 3 nitrogen and oxygen atoms in total. The van der Waals surface area contributed by atoms with E-state index in [0.29, 0.717) is 6.54 Å². The lowest BCUT2D eigenvalue weighted by molar-refractivity contribution is 0.177. The van der Waals surface area contributed by atoms with E-state index in [1.165, 1.54) is 38.5 Å². The van der Waals surface area contributed by atoms with Gasteiger partial charge in [0.2, 0.25) is 0 Å². The third-order valence-corrected chi connectivity index (χ3v) is 3.66. The summed E-state index contributed by atoms with van der Waals surface area (Å²) >= 11 is 0. The predicted octanol–water partition coefficient (Wildman–Crippen LogP) is 4.07. The minimum absolute atomic E-state index is 0.475. The molecule has 0 saturated heterocycles. The molecule has 0 bridgehead atoms. The standard InChI is InChI=1S/C18H31NO2/c1-3-4-5-6-7-8-9-13-21-17-12-10-11-16(14-17)18(20)15-19-2/h10-12,14,18-20H,3-9,13,15H2,1-2H3. The van der Waals surface area contributed by atoms with Crippen LogP contribution in [0.3, 0.4) is 0 Å². The SMILES string of the molecule is CCCCCCCCCOc1cccc(C(O)CNC)c1. The van der Waals surface area contributed by atoms with Crippen molar-refractivity contribution >= 4 is 0 Å². The van der Waals surface area contributed by atoms with Gasteiger partial charge in [0.1, 0.15) is 5.75 Å². The van der Waals surface area contributed by atoms with E-state index in [0.717, 1.165) is 24.3 Å². The summed E-state index contributed by atoms with van der Waals surface area (Å²) in [7, 11) is 1.84. The molecule has 0 aliphatic heterocycles. The molecule has 120 valence electrons. The van der Waals surface area contributed by atoms with Crippen molar-refractivity contribution in [3.63, 3.8) is 0 Å². The lowest BCUT2D eigenvalue weighted by Gasteiger charge is -2.12. The van der Waals surface area contributed by atoms with Crippen LogP contribution in [-0.2, 0) is 0 Å². The number of hydrogen-bond donors (Lipinski definition) is 2. The minimum atomic E-state index is -0.475. The Hall–Kier alpha value is -1.06. The number of rotatable bonds is 12. The fourth-order valence-corrected chi connectivity index (χ4v) is 2.37. The third kappa shape index (κ3) is 8.08. The summed E-state index contributed by atoms with van der Waals surface area (Å²) in [5.74, 6) is 0.855. The molecular weight excluding hydrogens is 262 g/mol. The Morgan fingerprint density at radius 1 is 1.10 bits per heavy atom. The Balaban J connectivity index is 2.18. The van der Waals surface area contributed by atoms with Crippen LogP contribution in [0.5, 0.6) is 5.75 Å². The van der Waals surface area contributed by atoms with E-state index in [-0.39, 0.29) is 0 Å². The molecule has 0 saturated carbocycles. The number of unbranched alkanes of at least 4 members (excludes halogenated alkanes) is 6. The molecule has 1 aromatic carbocycles. The fraction of sp³-hybridized carbons (Fsp3) is 0.667. The van der Waals surface area contributed by atoms with Crippen molar-refractivity contribution in [2.45, 2.75) is 58.0 Å². The first-order valence-electron chi connectivity index (χ1n) is 8.33. The summed E-state index contributed by atoms with van der Waals surface area (Å²) in [5, 5.41) is 12.9. The van der Waals surface area contributed by atoms with Gasteiger partial charge < -0.3 is 15.2 Å². The normalized spacial score (nSPS) is 12.3. The number of hydrogen-bond acceptors (Lipinski definition) is 3. The maximum atomic E-state index is 9.94. The van der Waals surface area contributed by atoms with Gasteiger partial charge in [-0.3, -0.25) is 0 Å². The molecule has 0 radical (unpaired) electrons. The maximum absolute atomic E-state index is 9.94. The molecule has 1 unspecified atom stereocenters. The highest BCUT2D eigenvalue weighted by Crippen LogP contribution is 2.19. The van der Waals surface area contributed by atoms with E-state index >= 15 is 0 Å². The van der Waals surface area contributed by atoms with Crippen LogP contribution < -0.4 is 10.1 Å². The van der Waals surface area contributed by atoms with Gasteiger partial charge in [-0.1, -0.05) is 57.6 Å². The third-order valence-electron chi connectivity index (χ3n) is 3.66. The van der Waals surface area contributed by atoms with Crippen molar-refractivity contribution in [2.75, 3.05) is 20.2 Å². The highest BCUT2D eigenvalue weighted by atomic mass is 16.5. The summed E-state index contributed by atoms with van der Waals surface area (Å²) in [6, 6.07) is 7.76. The molecule has 1 atom stereocenters. The van der Waals surface area contributed by atoms with Crippen LogP contribution in [0.4, 0.5) is 0 Å². The lowest BCUT2D eigenvalue weighted by Crippen LogP contribution is -2.16. The van der Waals surface area contributed by atoms with Crippen LogP contribution >= 0.6 is 0 Å². The van der Waals surface area contributed by atoms with Gasteiger partial charge in [-0.15, -0.1) is 0 Å². The summed E-state index contributed by atoms with van der Waals surface area (Å²) < 4.78 is 5.77. The van der Waals surface area contributed by atoms with Crippen LogP contribution in [0, 0.1) is 0 Å². The van der Waals surface area contributed by atoms with Gasteiger partial charge >= 0.3 is 0 Å². The quantitative estimate of drug-likeness (QED) is 0.571. The molecule has 0 aromatic heterocycles. The first-order valence-corrected chi connectivity index (χ1v) is 8.33. The summed E-state index contributed by atoms with van der Waals surface area (Å²) in [4.78, 5) is 0. The summed E-state index contributed by atoms with van der Waals surface area (Å²) in [6.45, 7) is 3.57. The van der Waals surface area contributed by atoms with Crippen molar-refractivity contribution in [3.8, 4) is 5.75 Å². The first kappa shape index (κ1) is 18.0. The number of ether oxygens (including phenoxy) is 1. The zero-order valence-corrected chi connectivity index (χ0v) is 13.6. The Labute approximate surface area is 129 Å². The fourth-order valence-electron chi connectivity index (χ4n) is 2.37. The largest absolute Gasteiger partial charge is 0.494 e. The minimum Gasteiger partial charge on any atom is -0.494 e. The maximum Gasteiger partial charge on any atom is 0.119 e. The Kier molecular flexibility index (Phi) is 9.92. The van der Waals surface area contributed by atoms with Crippen molar-refractivity contribution < 1.29 is 9.84 Å². The Bertz CT molecular complexity index is 368. The topological polar surface area (TPSA) is 41.5 Å². The van der Waals surface area contributed by atoms with Crippen LogP contribution in [-0.4, -0.2) is 25.3 Å². The van der Waals surface area contributed by atoms with Crippen molar-refractivity contribution in [1.82, 2.24) is 5.32 Å². The highest BCUT2D eigenvalue weighted by molar-refractivity contribution is 5.30.